The van der Waals surface area contributed by atoms with E-state index in [-0.39, 0.29) is 11.6 Å². The third-order valence-electron chi connectivity index (χ3n) is 6.27. The minimum absolute atomic E-state index is 0.324. The first-order chi connectivity index (χ1) is 14.3. The predicted octanol–water partition coefficient (Wildman–Crippen LogP) is 8.23. The molecular weight excluding hydrogens is 392 g/mol. The molecule has 0 aliphatic heterocycles. The van der Waals surface area contributed by atoms with E-state index in [1.165, 1.54) is 61.9 Å². The van der Waals surface area contributed by atoms with Gasteiger partial charge in [-0.05, 0) is 66.2 Å². The maximum Gasteiger partial charge on any atom is 0.573 e. The quantitative estimate of drug-likeness (QED) is 0.389. The molecule has 1 aliphatic carbocycles. The Labute approximate surface area is 173 Å². The van der Waals surface area contributed by atoms with Crippen molar-refractivity contribution >= 4 is 10.8 Å². The second kappa shape index (κ2) is 8.29. The van der Waals surface area contributed by atoms with Crippen LogP contribution >= 0.6 is 0 Å². The maximum absolute atomic E-state index is 15.2. The van der Waals surface area contributed by atoms with E-state index in [2.05, 4.69) is 17.7 Å². The van der Waals surface area contributed by atoms with Gasteiger partial charge in [0.05, 0.1) is 0 Å². The average molecular weight is 416 g/mol. The zero-order chi connectivity index (χ0) is 21.3. The highest BCUT2D eigenvalue weighted by atomic mass is 19.4. The van der Waals surface area contributed by atoms with Crippen LogP contribution in [0, 0.1) is 11.7 Å². The molecule has 3 aromatic rings. The molecule has 4 rings (SSSR count). The summed E-state index contributed by atoms with van der Waals surface area (Å²) in [7, 11) is 0. The molecule has 0 aromatic heterocycles. The summed E-state index contributed by atoms with van der Waals surface area (Å²) < 4.78 is 56.0. The third kappa shape index (κ3) is 4.45. The molecule has 0 atom stereocenters. The number of hydrogen-bond acceptors (Lipinski definition) is 1. The Kier molecular flexibility index (Phi) is 5.72. The van der Waals surface area contributed by atoms with Crippen molar-refractivity contribution in [2.24, 2.45) is 5.92 Å². The van der Waals surface area contributed by atoms with Crippen LogP contribution in [0.4, 0.5) is 17.6 Å². The van der Waals surface area contributed by atoms with Gasteiger partial charge in [-0.1, -0.05) is 55.8 Å². The first kappa shape index (κ1) is 20.7. The van der Waals surface area contributed by atoms with Crippen molar-refractivity contribution in [3.8, 4) is 16.9 Å². The molecule has 1 aliphatic rings. The summed E-state index contributed by atoms with van der Waals surface area (Å²) in [5.41, 5.74) is 2.13. The molecule has 0 radical (unpaired) electrons. The summed E-state index contributed by atoms with van der Waals surface area (Å²) >= 11 is 0. The highest BCUT2D eigenvalue weighted by Crippen LogP contribution is 2.39. The van der Waals surface area contributed by atoms with Crippen molar-refractivity contribution in [1.29, 1.82) is 0 Å². The molecule has 1 nitrogen and oxygen atoms in total. The van der Waals surface area contributed by atoms with E-state index in [9.17, 15) is 13.2 Å². The lowest BCUT2D eigenvalue weighted by Crippen LogP contribution is -2.16. The molecule has 158 valence electrons. The van der Waals surface area contributed by atoms with Crippen LogP contribution in [0.15, 0.2) is 54.6 Å². The topological polar surface area (TPSA) is 9.23 Å². The minimum atomic E-state index is -4.75. The van der Waals surface area contributed by atoms with E-state index in [4.69, 9.17) is 0 Å². The average Bonchev–Trinajstić information content (AvgIpc) is 2.73. The molecule has 0 N–H and O–H groups in total. The van der Waals surface area contributed by atoms with Gasteiger partial charge in [-0.3, -0.25) is 0 Å². The normalized spacial score (nSPS) is 19.8. The van der Waals surface area contributed by atoms with Crippen molar-refractivity contribution in [2.45, 2.75) is 51.3 Å². The van der Waals surface area contributed by atoms with Gasteiger partial charge in [-0.2, -0.15) is 0 Å². The van der Waals surface area contributed by atoms with Gasteiger partial charge in [-0.15, -0.1) is 13.2 Å². The summed E-state index contributed by atoms with van der Waals surface area (Å²) in [6.45, 7) is 2.25. The van der Waals surface area contributed by atoms with Gasteiger partial charge in [0, 0.05) is 10.9 Å². The fourth-order valence-electron chi connectivity index (χ4n) is 4.53. The molecule has 0 spiro atoms. The summed E-state index contributed by atoms with van der Waals surface area (Å²) in [6.07, 6.45) is 1.35. The van der Waals surface area contributed by atoms with Crippen LogP contribution in [0.25, 0.3) is 21.9 Å². The van der Waals surface area contributed by atoms with Gasteiger partial charge in [-0.25, -0.2) is 4.39 Å². The molecule has 0 heterocycles. The van der Waals surface area contributed by atoms with Crippen LogP contribution in [0.2, 0.25) is 0 Å². The van der Waals surface area contributed by atoms with E-state index in [1.54, 1.807) is 6.07 Å². The van der Waals surface area contributed by atoms with Crippen molar-refractivity contribution in [1.82, 2.24) is 0 Å². The van der Waals surface area contributed by atoms with E-state index in [0.29, 0.717) is 22.4 Å². The molecule has 1 fully saturated rings. The molecule has 5 heteroatoms. The number of fused-ring (bicyclic) bond motifs is 1. The maximum atomic E-state index is 15.2. The fraction of sp³-hybridized carbons (Fsp3) is 0.360. The Balaban J connectivity index is 1.59. The summed E-state index contributed by atoms with van der Waals surface area (Å²) in [5, 5.41) is 1.37. The minimum Gasteiger partial charge on any atom is -0.406 e. The van der Waals surface area contributed by atoms with Gasteiger partial charge < -0.3 is 4.74 Å². The third-order valence-corrected chi connectivity index (χ3v) is 6.27. The van der Waals surface area contributed by atoms with Crippen LogP contribution in [0.1, 0.15) is 50.5 Å². The van der Waals surface area contributed by atoms with Crippen LogP contribution in [-0.4, -0.2) is 6.36 Å². The Morgan fingerprint density at radius 3 is 2.23 bits per heavy atom. The Bertz CT molecular complexity index is 1020. The summed E-state index contributed by atoms with van der Waals surface area (Å²) in [6, 6.07) is 14.8. The standard InChI is InChI=1S/C25H24F4O/c1-2-16-3-5-17(6-4-16)19-9-13-23-20(15-19)10-14-22(24(23)26)18-7-11-21(12-8-18)30-25(27,28)29/h7-17H,2-6H2,1H3. The number of benzene rings is 3. The van der Waals surface area contributed by atoms with Crippen LogP contribution in [0.5, 0.6) is 5.75 Å². The SMILES string of the molecule is CCC1CCC(c2ccc3c(F)c(-c4ccc(OC(F)(F)F)cc4)ccc3c2)CC1. The molecule has 0 amide bonds. The van der Waals surface area contributed by atoms with Crippen molar-refractivity contribution in [2.75, 3.05) is 0 Å². The Morgan fingerprint density at radius 2 is 1.60 bits per heavy atom. The van der Waals surface area contributed by atoms with Crippen molar-refractivity contribution in [3.63, 3.8) is 0 Å². The van der Waals surface area contributed by atoms with Crippen molar-refractivity contribution < 1.29 is 22.3 Å². The first-order valence-electron chi connectivity index (χ1n) is 10.4. The molecule has 0 saturated heterocycles. The summed E-state index contributed by atoms with van der Waals surface area (Å²) in [5.74, 6) is 0.670. The predicted molar refractivity (Wildman–Crippen MR) is 111 cm³/mol. The number of hydrogen-bond donors (Lipinski definition) is 0. The molecule has 0 bridgehead atoms. The van der Waals surface area contributed by atoms with Crippen LogP contribution in [0.3, 0.4) is 0 Å². The van der Waals surface area contributed by atoms with Gasteiger partial charge >= 0.3 is 6.36 Å². The van der Waals surface area contributed by atoms with Gasteiger partial charge in [0.25, 0.3) is 0 Å². The number of alkyl halides is 3. The number of rotatable bonds is 4. The number of ether oxygens (including phenoxy) is 1. The van der Waals surface area contributed by atoms with Gasteiger partial charge in [0.1, 0.15) is 11.6 Å². The van der Waals surface area contributed by atoms with Gasteiger partial charge in [0.2, 0.25) is 0 Å². The van der Waals surface area contributed by atoms with Gasteiger partial charge in [0.15, 0.2) is 0 Å². The lowest BCUT2D eigenvalue weighted by Gasteiger charge is -2.28. The monoisotopic (exact) mass is 416 g/mol. The summed E-state index contributed by atoms with van der Waals surface area (Å²) in [4.78, 5) is 0. The van der Waals surface area contributed by atoms with Crippen molar-refractivity contribution in [3.05, 3.63) is 66.0 Å². The molecule has 1 saturated carbocycles. The van der Waals surface area contributed by atoms with E-state index >= 15 is 4.39 Å². The largest absolute Gasteiger partial charge is 0.573 e. The molecule has 0 unspecified atom stereocenters. The van der Waals surface area contributed by atoms with E-state index < -0.39 is 6.36 Å². The number of halogens is 4. The lowest BCUT2D eigenvalue weighted by atomic mass is 9.77. The van der Waals surface area contributed by atoms with Crippen LogP contribution < -0.4 is 4.74 Å². The Hall–Kier alpha value is -2.56. The highest BCUT2D eigenvalue weighted by molar-refractivity contribution is 5.89. The second-order valence-corrected chi connectivity index (χ2v) is 8.11. The zero-order valence-corrected chi connectivity index (χ0v) is 16.8. The lowest BCUT2D eigenvalue weighted by molar-refractivity contribution is -0.274. The molecule has 30 heavy (non-hydrogen) atoms. The van der Waals surface area contributed by atoms with E-state index in [0.717, 1.165) is 11.3 Å². The highest BCUT2D eigenvalue weighted by Gasteiger charge is 2.31. The smallest absolute Gasteiger partial charge is 0.406 e. The molecule has 3 aromatic carbocycles. The van der Waals surface area contributed by atoms with E-state index in [1.807, 2.05) is 18.2 Å². The van der Waals surface area contributed by atoms with Crippen LogP contribution in [-0.2, 0) is 0 Å². The second-order valence-electron chi connectivity index (χ2n) is 8.11. The first-order valence-corrected chi connectivity index (χ1v) is 10.4. The molecular formula is C25H24F4O. The zero-order valence-electron chi connectivity index (χ0n) is 16.8. The Morgan fingerprint density at radius 1 is 0.900 bits per heavy atom. The fourth-order valence-corrected chi connectivity index (χ4v) is 4.53.